The summed E-state index contributed by atoms with van der Waals surface area (Å²) in [6.45, 7) is -0.0594. The van der Waals surface area contributed by atoms with Crippen LogP contribution in [0.2, 0.25) is 0 Å². The quantitative estimate of drug-likeness (QED) is 0.342. The first-order valence-corrected chi connectivity index (χ1v) is 11.2. The average Bonchev–Trinajstić information content (AvgIpc) is 2.76. The molecule has 0 fully saturated rings. The highest BCUT2D eigenvalue weighted by atomic mass is 32.2. The summed E-state index contributed by atoms with van der Waals surface area (Å²) in [5.41, 5.74) is 2.66. The summed E-state index contributed by atoms with van der Waals surface area (Å²) in [5, 5.41) is 0. The van der Waals surface area contributed by atoms with Gasteiger partial charge in [-0.3, -0.25) is 0 Å². The maximum Gasteiger partial charge on any atom is 0.306 e. The number of rotatable bonds is 9. The van der Waals surface area contributed by atoms with E-state index in [-0.39, 0.29) is 18.3 Å². The second-order valence-electron chi connectivity index (χ2n) is 6.76. The van der Waals surface area contributed by atoms with Crippen LogP contribution in [0.15, 0.2) is 54.6 Å². The van der Waals surface area contributed by atoms with Gasteiger partial charge >= 0.3 is 10.1 Å². The molecule has 0 saturated heterocycles. The molecule has 0 saturated carbocycles. The van der Waals surface area contributed by atoms with E-state index in [1.54, 1.807) is 42.5 Å². The molecule has 32 heavy (non-hydrogen) atoms. The van der Waals surface area contributed by atoms with Gasteiger partial charge in [-0.25, -0.2) is 4.39 Å². The lowest BCUT2D eigenvalue weighted by Gasteiger charge is -2.16. The zero-order chi connectivity index (χ0) is 23.3. The van der Waals surface area contributed by atoms with Crippen LogP contribution in [0.3, 0.4) is 0 Å². The maximum atomic E-state index is 14.5. The van der Waals surface area contributed by atoms with Crippen LogP contribution in [0.5, 0.6) is 23.0 Å². The van der Waals surface area contributed by atoms with Crippen LogP contribution in [0.1, 0.15) is 0 Å². The highest BCUT2D eigenvalue weighted by Gasteiger charge is 2.16. The largest absolute Gasteiger partial charge is 0.496 e. The van der Waals surface area contributed by atoms with Crippen molar-refractivity contribution in [3.05, 3.63) is 60.4 Å². The fourth-order valence-electron chi connectivity index (χ4n) is 3.12. The molecule has 9 heteroatoms. The Balaban J connectivity index is 2.01. The molecule has 0 spiro atoms. The lowest BCUT2D eigenvalue weighted by Crippen LogP contribution is -2.05. The number of hydrogen-bond donors (Lipinski definition) is 0. The van der Waals surface area contributed by atoms with Crippen LogP contribution in [0.25, 0.3) is 22.3 Å². The highest BCUT2D eigenvalue weighted by molar-refractivity contribution is 7.86. The minimum Gasteiger partial charge on any atom is -0.496 e. The average molecular weight is 462 g/mol. The van der Waals surface area contributed by atoms with E-state index in [1.807, 2.05) is 0 Å². The fourth-order valence-corrected chi connectivity index (χ4v) is 3.58. The van der Waals surface area contributed by atoms with Crippen LogP contribution in [-0.4, -0.2) is 42.8 Å². The summed E-state index contributed by atoms with van der Waals surface area (Å²) in [6.07, 6.45) is 0.979. The van der Waals surface area contributed by atoms with E-state index in [0.717, 1.165) is 11.8 Å². The topological polar surface area (TPSA) is 80.3 Å². The molecule has 3 aromatic rings. The van der Waals surface area contributed by atoms with E-state index in [2.05, 4.69) is 0 Å². The molecular formula is C23H23FO7S. The molecule has 0 bridgehead atoms. The predicted octanol–water partition coefficient (Wildman–Crippen LogP) is 4.50. The minimum atomic E-state index is -3.62. The maximum absolute atomic E-state index is 14.5. The third kappa shape index (κ3) is 5.49. The SMILES string of the molecule is COCOc1ccc(-c2cc(OC)c(-c3ccc(OS(C)(=O)=O)cc3)cc2OC)cc1F. The molecule has 0 aliphatic carbocycles. The zero-order valence-corrected chi connectivity index (χ0v) is 18.9. The molecule has 0 N–H and O–H groups in total. The second kappa shape index (κ2) is 9.88. The van der Waals surface area contributed by atoms with Crippen molar-refractivity contribution in [2.75, 3.05) is 34.4 Å². The Bertz CT molecular complexity index is 1190. The lowest BCUT2D eigenvalue weighted by molar-refractivity contribution is 0.0483. The van der Waals surface area contributed by atoms with Gasteiger partial charge in [0.15, 0.2) is 18.4 Å². The molecule has 3 rings (SSSR count). The first-order chi connectivity index (χ1) is 15.3. The van der Waals surface area contributed by atoms with E-state index in [9.17, 15) is 12.8 Å². The molecule has 0 unspecified atom stereocenters. The molecule has 0 aliphatic rings. The van der Waals surface area contributed by atoms with Crippen LogP contribution >= 0.6 is 0 Å². The number of hydrogen-bond acceptors (Lipinski definition) is 7. The molecule has 0 atom stereocenters. The van der Waals surface area contributed by atoms with E-state index >= 15 is 0 Å². The summed E-state index contributed by atoms with van der Waals surface area (Å²) >= 11 is 0. The Morgan fingerprint density at radius 1 is 0.781 bits per heavy atom. The lowest BCUT2D eigenvalue weighted by atomic mass is 9.97. The molecule has 0 heterocycles. The van der Waals surface area contributed by atoms with Crippen molar-refractivity contribution in [3.8, 4) is 45.3 Å². The Hall–Kier alpha value is -3.30. The summed E-state index contributed by atoms with van der Waals surface area (Å²) < 4.78 is 63.1. The molecule has 0 radical (unpaired) electrons. The Morgan fingerprint density at radius 3 is 1.84 bits per heavy atom. The highest BCUT2D eigenvalue weighted by Crippen LogP contribution is 2.41. The van der Waals surface area contributed by atoms with Gasteiger partial charge in [-0.2, -0.15) is 8.42 Å². The van der Waals surface area contributed by atoms with Crippen molar-refractivity contribution in [2.45, 2.75) is 0 Å². The summed E-state index contributed by atoms with van der Waals surface area (Å²) in [7, 11) is 0.883. The van der Waals surface area contributed by atoms with E-state index < -0.39 is 15.9 Å². The summed E-state index contributed by atoms with van der Waals surface area (Å²) in [4.78, 5) is 0. The first-order valence-electron chi connectivity index (χ1n) is 9.43. The summed E-state index contributed by atoms with van der Waals surface area (Å²) in [5.74, 6) is 0.769. The normalized spacial score (nSPS) is 11.2. The van der Waals surface area contributed by atoms with Crippen LogP contribution in [-0.2, 0) is 14.9 Å². The number of benzene rings is 3. The Morgan fingerprint density at radius 2 is 1.34 bits per heavy atom. The standard InChI is InChI=1S/C23H23FO7S/c1-27-14-30-21-10-7-16(11-20(21)24)19-13-22(28-2)18(12-23(19)29-3)15-5-8-17(9-6-15)31-32(4,25)26/h5-13H,14H2,1-4H3. The van der Waals surface area contributed by atoms with Gasteiger partial charge < -0.3 is 23.1 Å². The third-order valence-electron chi connectivity index (χ3n) is 4.51. The van der Waals surface area contributed by atoms with Crippen LogP contribution in [0.4, 0.5) is 4.39 Å². The number of halogens is 1. The van der Waals surface area contributed by atoms with Crippen molar-refractivity contribution in [2.24, 2.45) is 0 Å². The van der Waals surface area contributed by atoms with Crippen molar-refractivity contribution in [1.82, 2.24) is 0 Å². The Labute approximate surface area is 186 Å². The van der Waals surface area contributed by atoms with E-state index in [0.29, 0.717) is 28.2 Å². The molecule has 3 aromatic carbocycles. The monoisotopic (exact) mass is 462 g/mol. The number of ether oxygens (including phenoxy) is 4. The summed E-state index contributed by atoms with van der Waals surface area (Å²) in [6, 6.07) is 14.6. The smallest absolute Gasteiger partial charge is 0.306 e. The van der Waals surface area contributed by atoms with Crippen molar-refractivity contribution >= 4 is 10.1 Å². The number of methoxy groups -OCH3 is 3. The van der Waals surface area contributed by atoms with Gasteiger partial charge in [-0.1, -0.05) is 18.2 Å². The van der Waals surface area contributed by atoms with Gasteiger partial charge in [-0.15, -0.1) is 0 Å². The molecule has 0 amide bonds. The van der Waals surface area contributed by atoms with Gasteiger partial charge in [0.1, 0.15) is 17.2 Å². The van der Waals surface area contributed by atoms with E-state index in [1.165, 1.54) is 33.5 Å². The van der Waals surface area contributed by atoms with Crippen molar-refractivity contribution < 1.29 is 35.9 Å². The molecule has 0 aliphatic heterocycles. The van der Waals surface area contributed by atoms with Gasteiger partial charge in [0.25, 0.3) is 0 Å². The Kier molecular flexibility index (Phi) is 7.22. The fraction of sp³-hybridized carbons (Fsp3) is 0.217. The molecular weight excluding hydrogens is 439 g/mol. The molecule has 170 valence electrons. The van der Waals surface area contributed by atoms with Gasteiger partial charge in [-0.05, 0) is 47.5 Å². The van der Waals surface area contributed by atoms with Gasteiger partial charge in [0, 0.05) is 18.2 Å². The zero-order valence-electron chi connectivity index (χ0n) is 18.0. The molecule has 7 nitrogen and oxygen atoms in total. The third-order valence-corrected chi connectivity index (χ3v) is 5.00. The van der Waals surface area contributed by atoms with E-state index in [4.69, 9.17) is 23.1 Å². The van der Waals surface area contributed by atoms with Crippen LogP contribution < -0.4 is 18.4 Å². The predicted molar refractivity (Wildman–Crippen MR) is 118 cm³/mol. The van der Waals surface area contributed by atoms with Crippen molar-refractivity contribution in [1.29, 1.82) is 0 Å². The van der Waals surface area contributed by atoms with Crippen molar-refractivity contribution in [3.63, 3.8) is 0 Å². The van der Waals surface area contributed by atoms with Gasteiger partial charge in [0.05, 0.1) is 20.5 Å². The first kappa shape index (κ1) is 23.4. The molecule has 0 aromatic heterocycles. The second-order valence-corrected chi connectivity index (χ2v) is 8.34. The van der Waals surface area contributed by atoms with Gasteiger partial charge in [0.2, 0.25) is 0 Å². The minimum absolute atomic E-state index is 0.0594. The van der Waals surface area contributed by atoms with Crippen LogP contribution in [0, 0.1) is 5.82 Å².